The second-order valence-corrected chi connectivity index (χ2v) is 7.36. The molecule has 0 amide bonds. The van der Waals surface area contributed by atoms with E-state index in [-0.39, 0.29) is 23.9 Å². The zero-order chi connectivity index (χ0) is 21.5. The van der Waals surface area contributed by atoms with Crippen molar-refractivity contribution in [1.29, 1.82) is 0 Å². The Bertz CT molecular complexity index is 885. The van der Waals surface area contributed by atoms with E-state index in [4.69, 9.17) is 18.6 Å². The average molecular weight is 416 g/mol. The Balaban J connectivity index is 1.49. The van der Waals surface area contributed by atoms with E-state index in [1.807, 2.05) is 12.1 Å². The van der Waals surface area contributed by atoms with E-state index in [2.05, 4.69) is 21.9 Å². The van der Waals surface area contributed by atoms with Crippen LogP contribution in [0.1, 0.15) is 19.6 Å². The third-order valence-electron chi connectivity index (χ3n) is 4.75. The van der Waals surface area contributed by atoms with Gasteiger partial charge < -0.3 is 23.5 Å². The van der Waals surface area contributed by atoms with E-state index in [1.54, 1.807) is 21.0 Å². The van der Waals surface area contributed by atoms with E-state index < -0.39 is 5.97 Å². The highest BCUT2D eigenvalue weighted by molar-refractivity contribution is 5.71. The Morgan fingerprint density at radius 2 is 1.83 bits per heavy atom. The van der Waals surface area contributed by atoms with Gasteiger partial charge in [0.15, 0.2) is 6.61 Å². The van der Waals surface area contributed by atoms with Crippen molar-refractivity contribution >= 4 is 11.7 Å². The summed E-state index contributed by atoms with van der Waals surface area (Å²) in [5, 5.41) is 0. The summed E-state index contributed by atoms with van der Waals surface area (Å²) in [6.45, 7) is 7.20. The number of esters is 1. The zero-order valence-electron chi connectivity index (χ0n) is 17.6. The van der Waals surface area contributed by atoms with Crippen LogP contribution in [-0.2, 0) is 16.1 Å². The highest BCUT2D eigenvalue weighted by atomic mass is 16.6. The molecule has 3 rings (SSSR count). The van der Waals surface area contributed by atoms with Gasteiger partial charge in [-0.1, -0.05) is 0 Å². The van der Waals surface area contributed by atoms with Gasteiger partial charge in [-0.3, -0.25) is 9.69 Å². The molecule has 30 heavy (non-hydrogen) atoms. The molecular formula is C22H28N2O6. The SMILES string of the molecule is COc1ccc(N2CCN(Cc3cc(=O)c(OCC(=O)OC(C)C)co3)CC2)cc1. The van der Waals surface area contributed by atoms with Crippen molar-refractivity contribution in [3.8, 4) is 11.5 Å². The van der Waals surface area contributed by atoms with E-state index in [1.165, 1.54) is 18.0 Å². The predicted octanol–water partition coefficient (Wildman–Crippen LogP) is 2.30. The molecule has 2 heterocycles. The Hall–Kier alpha value is -3.00. The first-order valence-electron chi connectivity index (χ1n) is 10.00. The highest BCUT2D eigenvalue weighted by Gasteiger charge is 2.19. The number of piperazine rings is 1. The first-order chi connectivity index (χ1) is 14.4. The second kappa shape index (κ2) is 10.2. The summed E-state index contributed by atoms with van der Waals surface area (Å²) in [6, 6.07) is 9.45. The number of ether oxygens (including phenoxy) is 3. The van der Waals surface area contributed by atoms with Crippen LogP contribution < -0.4 is 19.8 Å². The van der Waals surface area contributed by atoms with Gasteiger partial charge in [0.05, 0.1) is 19.8 Å². The molecule has 0 radical (unpaired) electrons. The van der Waals surface area contributed by atoms with Gasteiger partial charge in [0, 0.05) is 37.9 Å². The summed E-state index contributed by atoms with van der Waals surface area (Å²) in [5.41, 5.74) is 0.852. The van der Waals surface area contributed by atoms with E-state index >= 15 is 0 Å². The summed E-state index contributed by atoms with van der Waals surface area (Å²) >= 11 is 0. The lowest BCUT2D eigenvalue weighted by Gasteiger charge is -2.35. The molecule has 2 aromatic rings. The Morgan fingerprint density at radius 3 is 2.43 bits per heavy atom. The Kier molecular flexibility index (Phi) is 7.35. The molecular weight excluding hydrogens is 388 g/mol. The van der Waals surface area contributed by atoms with Crippen LogP contribution in [-0.4, -0.2) is 56.9 Å². The predicted molar refractivity (Wildman–Crippen MR) is 112 cm³/mol. The molecule has 0 aliphatic carbocycles. The lowest BCUT2D eigenvalue weighted by molar-refractivity contribution is -0.149. The second-order valence-electron chi connectivity index (χ2n) is 7.36. The highest BCUT2D eigenvalue weighted by Crippen LogP contribution is 2.21. The minimum absolute atomic E-state index is 0.00350. The number of anilines is 1. The molecule has 1 fully saturated rings. The number of benzene rings is 1. The van der Waals surface area contributed by atoms with Crippen molar-refractivity contribution in [2.45, 2.75) is 26.5 Å². The average Bonchev–Trinajstić information content (AvgIpc) is 2.73. The minimum atomic E-state index is -0.525. The van der Waals surface area contributed by atoms with Crippen LogP contribution in [0.4, 0.5) is 5.69 Å². The van der Waals surface area contributed by atoms with Gasteiger partial charge in [-0.2, -0.15) is 0 Å². The van der Waals surface area contributed by atoms with Gasteiger partial charge in [-0.15, -0.1) is 0 Å². The van der Waals surface area contributed by atoms with E-state index in [0.29, 0.717) is 12.3 Å². The number of carbonyl (C=O) groups excluding carboxylic acids is 1. The third kappa shape index (κ3) is 6.00. The molecule has 8 nitrogen and oxygen atoms in total. The van der Waals surface area contributed by atoms with Crippen molar-refractivity contribution in [3.05, 3.63) is 52.6 Å². The van der Waals surface area contributed by atoms with Gasteiger partial charge in [0.1, 0.15) is 17.8 Å². The molecule has 0 unspecified atom stereocenters. The van der Waals surface area contributed by atoms with Gasteiger partial charge in [-0.05, 0) is 38.1 Å². The molecule has 0 N–H and O–H groups in total. The van der Waals surface area contributed by atoms with Crippen molar-refractivity contribution in [1.82, 2.24) is 4.90 Å². The number of methoxy groups -OCH3 is 1. The first-order valence-corrected chi connectivity index (χ1v) is 10.00. The molecule has 1 aromatic carbocycles. The lowest BCUT2D eigenvalue weighted by Crippen LogP contribution is -2.46. The number of hydrogen-bond acceptors (Lipinski definition) is 8. The topological polar surface area (TPSA) is 81.5 Å². The molecule has 8 heteroatoms. The summed E-state index contributed by atoms with van der Waals surface area (Å²) in [4.78, 5) is 28.3. The fourth-order valence-corrected chi connectivity index (χ4v) is 3.24. The van der Waals surface area contributed by atoms with E-state index in [0.717, 1.165) is 31.9 Å². The maximum absolute atomic E-state index is 12.2. The third-order valence-corrected chi connectivity index (χ3v) is 4.75. The molecule has 1 aliphatic heterocycles. The minimum Gasteiger partial charge on any atom is -0.497 e. The summed E-state index contributed by atoms with van der Waals surface area (Å²) in [7, 11) is 1.66. The van der Waals surface area contributed by atoms with Gasteiger partial charge in [-0.25, -0.2) is 4.79 Å². The lowest BCUT2D eigenvalue weighted by atomic mass is 10.2. The van der Waals surface area contributed by atoms with Crippen LogP contribution in [0.25, 0.3) is 0 Å². The first kappa shape index (κ1) is 21.7. The van der Waals surface area contributed by atoms with Crippen LogP contribution >= 0.6 is 0 Å². The van der Waals surface area contributed by atoms with E-state index in [9.17, 15) is 9.59 Å². The van der Waals surface area contributed by atoms with Crippen molar-refractivity contribution in [3.63, 3.8) is 0 Å². The summed E-state index contributed by atoms with van der Waals surface area (Å²) in [6.07, 6.45) is 1.03. The Labute approximate surface area is 175 Å². The smallest absolute Gasteiger partial charge is 0.344 e. The number of rotatable bonds is 8. The molecule has 0 saturated carbocycles. The van der Waals surface area contributed by atoms with Gasteiger partial charge in [0.2, 0.25) is 11.2 Å². The molecule has 0 bridgehead atoms. The van der Waals surface area contributed by atoms with Crippen LogP contribution in [0.15, 0.2) is 45.8 Å². The molecule has 162 valence electrons. The monoisotopic (exact) mass is 416 g/mol. The molecule has 0 spiro atoms. The molecule has 1 saturated heterocycles. The van der Waals surface area contributed by atoms with Crippen LogP contribution in [0.2, 0.25) is 0 Å². The zero-order valence-corrected chi connectivity index (χ0v) is 17.6. The summed E-state index contributed by atoms with van der Waals surface area (Å²) < 4.78 is 20.9. The normalized spacial score (nSPS) is 14.6. The van der Waals surface area contributed by atoms with Crippen molar-refractivity contribution in [2.24, 2.45) is 0 Å². The van der Waals surface area contributed by atoms with Crippen LogP contribution in [0.5, 0.6) is 11.5 Å². The van der Waals surface area contributed by atoms with Gasteiger partial charge in [0.25, 0.3) is 0 Å². The fourth-order valence-electron chi connectivity index (χ4n) is 3.24. The summed E-state index contributed by atoms with van der Waals surface area (Å²) in [5.74, 6) is 0.888. The standard InChI is InChI=1S/C22H28N2O6/c1-16(2)30-22(26)15-29-21-14-28-19(12-20(21)25)13-23-8-10-24(11-9-23)17-4-6-18(27-3)7-5-17/h4-7,12,14,16H,8-11,13,15H2,1-3H3. The largest absolute Gasteiger partial charge is 0.497 e. The maximum Gasteiger partial charge on any atom is 0.344 e. The van der Waals surface area contributed by atoms with Crippen LogP contribution in [0, 0.1) is 0 Å². The number of carbonyl (C=O) groups is 1. The van der Waals surface area contributed by atoms with Crippen LogP contribution in [0.3, 0.4) is 0 Å². The quantitative estimate of drug-likeness (QED) is 0.607. The number of nitrogens with zero attached hydrogens (tertiary/aromatic N) is 2. The van der Waals surface area contributed by atoms with Crippen molar-refractivity contribution < 1.29 is 23.4 Å². The fraction of sp³-hybridized carbons (Fsp3) is 0.455. The van der Waals surface area contributed by atoms with Gasteiger partial charge >= 0.3 is 5.97 Å². The molecule has 1 aliphatic rings. The number of hydrogen-bond donors (Lipinski definition) is 0. The maximum atomic E-state index is 12.2. The molecule has 0 atom stereocenters. The molecule has 1 aromatic heterocycles. The van der Waals surface area contributed by atoms with Crippen molar-refractivity contribution in [2.75, 3.05) is 44.8 Å². The Morgan fingerprint density at radius 1 is 1.13 bits per heavy atom.